The summed E-state index contributed by atoms with van der Waals surface area (Å²) in [4.78, 5) is 43.1. The van der Waals surface area contributed by atoms with Gasteiger partial charge in [0.1, 0.15) is 6.04 Å². The van der Waals surface area contributed by atoms with E-state index in [1.165, 1.54) is 0 Å². The van der Waals surface area contributed by atoms with E-state index in [0.717, 1.165) is 6.42 Å². The highest BCUT2D eigenvalue weighted by Gasteiger charge is 2.76. The van der Waals surface area contributed by atoms with Crippen LogP contribution in [0.15, 0.2) is 54.6 Å². The molecule has 190 valence electrons. The van der Waals surface area contributed by atoms with Gasteiger partial charge in [-0.2, -0.15) is 0 Å². The number of nitrogens with one attached hydrogen (secondary N) is 2. The van der Waals surface area contributed by atoms with Gasteiger partial charge in [-0.05, 0) is 55.2 Å². The predicted octanol–water partition coefficient (Wildman–Crippen LogP) is 4.03. The summed E-state index contributed by atoms with van der Waals surface area (Å²) in [7, 11) is 0. The second kappa shape index (κ2) is 9.72. The molecule has 5 rings (SSSR count). The van der Waals surface area contributed by atoms with Crippen molar-refractivity contribution >= 4 is 52.5 Å². The summed E-state index contributed by atoms with van der Waals surface area (Å²) >= 11 is 7.62. The van der Waals surface area contributed by atoms with Crippen molar-refractivity contribution in [3.8, 4) is 0 Å². The van der Waals surface area contributed by atoms with Crippen LogP contribution in [0, 0.1) is 17.8 Å². The molecule has 0 aliphatic carbocycles. The zero-order valence-corrected chi connectivity index (χ0v) is 21.8. The minimum absolute atomic E-state index is 0.0457. The lowest BCUT2D eigenvalue weighted by atomic mass is 9.66. The van der Waals surface area contributed by atoms with Crippen molar-refractivity contribution in [2.45, 2.75) is 48.8 Å². The van der Waals surface area contributed by atoms with Crippen molar-refractivity contribution < 1.29 is 19.5 Å². The van der Waals surface area contributed by atoms with Crippen LogP contribution in [-0.2, 0) is 14.4 Å². The Kier molecular flexibility index (Phi) is 6.78. The number of fused-ring (bicyclic) bond motifs is 1. The van der Waals surface area contributed by atoms with Gasteiger partial charge >= 0.3 is 0 Å². The number of para-hydroxylation sites is 1. The molecule has 3 unspecified atom stereocenters. The first-order valence-corrected chi connectivity index (χ1v) is 13.6. The van der Waals surface area contributed by atoms with Crippen molar-refractivity contribution in [3.63, 3.8) is 0 Å². The molecule has 3 heterocycles. The molecule has 7 nitrogen and oxygen atoms in total. The van der Waals surface area contributed by atoms with Gasteiger partial charge < -0.3 is 20.6 Å². The largest absolute Gasteiger partial charge is 0.394 e. The SMILES string of the molecule is CC[C@@H](CO)N1C(=O)[C@@H]2[C@H](C(=O)Nc3ccccc3)[C@@H]3CC(C)C2(S3)C1C(=O)Nc1ccc(Cl)cc1. The summed E-state index contributed by atoms with van der Waals surface area (Å²) in [5, 5.41) is 16.6. The molecule has 0 aromatic heterocycles. The van der Waals surface area contributed by atoms with E-state index in [0.29, 0.717) is 22.8 Å². The average Bonchev–Trinajstić information content (AvgIpc) is 3.46. The fourth-order valence-electron chi connectivity index (χ4n) is 6.36. The number of likely N-dealkylation sites (tertiary alicyclic amines) is 1. The number of aliphatic hydroxyl groups is 1. The third-order valence-corrected chi connectivity index (χ3v) is 10.3. The van der Waals surface area contributed by atoms with E-state index in [1.54, 1.807) is 40.9 Å². The van der Waals surface area contributed by atoms with Crippen LogP contribution in [0.3, 0.4) is 0 Å². The number of amides is 3. The lowest BCUT2D eigenvalue weighted by Crippen LogP contribution is -2.56. The maximum Gasteiger partial charge on any atom is 0.248 e. The summed E-state index contributed by atoms with van der Waals surface area (Å²) in [6.45, 7) is 3.71. The van der Waals surface area contributed by atoms with Gasteiger partial charge in [0.25, 0.3) is 0 Å². The molecule has 7 atom stereocenters. The summed E-state index contributed by atoms with van der Waals surface area (Å²) in [5.41, 5.74) is 1.26. The zero-order chi connectivity index (χ0) is 25.6. The van der Waals surface area contributed by atoms with Crippen LogP contribution in [0.4, 0.5) is 11.4 Å². The summed E-state index contributed by atoms with van der Waals surface area (Å²) < 4.78 is -0.750. The minimum Gasteiger partial charge on any atom is -0.394 e. The van der Waals surface area contributed by atoms with Crippen LogP contribution in [-0.4, -0.2) is 56.4 Å². The fraction of sp³-hybridized carbons (Fsp3) is 0.444. The topological polar surface area (TPSA) is 98.7 Å². The minimum atomic E-state index is -0.803. The van der Waals surface area contributed by atoms with Crippen LogP contribution in [0.2, 0.25) is 5.02 Å². The molecule has 3 fully saturated rings. The highest BCUT2D eigenvalue weighted by molar-refractivity contribution is 8.02. The third kappa shape index (κ3) is 3.90. The standard InChI is InChI=1S/C27H30ClN3O4S/c1-3-19(14-32)31-23(25(34)30-18-11-9-16(28)10-12-18)27-15(2)13-20(36-27)21(22(27)26(31)35)24(33)29-17-7-5-4-6-8-17/h4-12,15,19-23,32H,3,13-14H2,1-2H3,(H,29,33)(H,30,34)/t15?,19-,20-,21+,22-,23?,27?/m0/s1. The second-order valence-electron chi connectivity index (χ2n) is 9.89. The number of hydrogen-bond acceptors (Lipinski definition) is 5. The van der Waals surface area contributed by atoms with Crippen LogP contribution >= 0.6 is 23.4 Å². The zero-order valence-electron chi connectivity index (χ0n) is 20.2. The van der Waals surface area contributed by atoms with E-state index < -0.39 is 28.7 Å². The number of halogens is 1. The number of anilines is 2. The number of hydrogen-bond donors (Lipinski definition) is 3. The molecule has 0 radical (unpaired) electrons. The number of nitrogens with zero attached hydrogens (tertiary/aromatic N) is 1. The Bertz CT molecular complexity index is 1160. The number of carbonyl (C=O) groups is 3. The number of aliphatic hydroxyl groups excluding tert-OH is 1. The Labute approximate surface area is 220 Å². The molecule has 3 saturated heterocycles. The summed E-state index contributed by atoms with van der Waals surface area (Å²) in [5.74, 6) is -1.86. The third-order valence-electron chi connectivity index (χ3n) is 7.96. The number of benzene rings is 2. The number of carbonyl (C=O) groups excluding carboxylic acids is 3. The Morgan fingerprint density at radius 1 is 1.11 bits per heavy atom. The molecule has 3 amide bonds. The smallest absolute Gasteiger partial charge is 0.248 e. The lowest BCUT2D eigenvalue weighted by molar-refractivity contribution is -0.141. The van der Waals surface area contributed by atoms with Crippen LogP contribution in [0.25, 0.3) is 0 Å². The molecule has 3 aliphatic rings. The van der Waals surface area contributed by atoms with E-state index >= 15 is 0 Å². The normalized spacial score (nSPS) is 31.3. The molecule has 36 heavy (non-hydrogen) atoms. The van der Waals surface area contributed by atoms with Gasteiger partial charge in [-0.3, -0.25) is 14.4 Å². The first-order valence-electron chi connectivity index (χ1n) is 12.3. The number of rotatable bonds is 7. The molecular formula is C27H30ClN3O4S. The maximum absolute atomic E-state index is 14.1. The molecule has 1 spiro atoms. The highest BCUT2D eigenvalue weighted by atomic mass is 35.5. The molecule has 2 bridgehead atoms. The van der Waals surface area contributed by atoms with E-state index in [2.05, 4.69) is 17.6 Å². The molecule has 0 saturated carbocycles. The van der Waals surface area contributed by atoms with E-state index in [-0.39, 0.29) is 35.5 Å². The predicted molar refractivity (Wildman–Crippen MR) is 142 cm³/mol. The van der Waals surface area contributed by atoms with Gasteiger partial charge in [-0.25, -0.2) is 0 Å². The monoisotopic (exact) mass is 527 g/mol. The quantitative estimate of drug-likeness (QED) is 0.505. The Hall–Kier alpha value is -2.55. The van der Waals surface area contributed by atoms with Crippen LogP contribution in [0.1, 0.15) is 26.7 Å². The summed E-state index contributed by atoms with van der Waals surface area (Å²) in [6.07, 6.45) is 1.24. The summed E-state index contributed by atoms with van der Waals surface area (Å²) in [6, 6.07) is 14.7. The van der Waals surface area contributed by atoms with Crippen molar-refractivity contribution in [2.75, 3.05) is 17.2 Å². The van der Waals surface area contributed by atoms with Gasteiger partial charge in [0.05, 0.1) is 29.2 Å². The van der Waals surface area contributed by atoms with E-state index in [4.69, 9.17) is 11.6 Å². The number of thioether (sulfide) groups is 1. The van der Waals surface area contributed by atoms with Gasteiger partial charge in [-0.1, -0.05) is 43.6 Å². The fourth-order valence-corrected chi connectivity index (χ4v) is 8.89. The molecule has 3 N–H and O–H groups in total. The van der Waals surface area contributed by atoms with Gasteiger partial charge in [0.15, 0.2) is 0 Å². The van der Waals surface area contributed by atoms with E-state index in [9.17, 15) is 19.5 Å². The second-order valence-corrected chi connectivity index (χ2v) is 11.9. The Morgan fingerprint density at radius 2 is 1.75 bits per heavy atom. The Balaban J connectivity index is 1.53. The van der Waals surface area contributed by atoms with Crippen molar-refractivity contribution in [1.29, 1.82) is 0 Å². The molecular weight excluding hydrogens is 498 g/mol. The van der Waals surface area contributed by atoms with Crippen molar-refractivity contribution in [3.05, 3.63) is 59.6 Å². The van der Waals surface area contributed by atoms with Gasteiger partial charge in [-0.15, -0.1) is 11.8 Å². The maximum atomic E-state index is 14.1. The average molecular weight is 528 g/mol. The first-order chi connectivity index (χ1) is 17.3. The molecule has 2 aromatic carbocycles. The van der Waals surface area contributed by atoms with Crippen molar-refractivity contribution in [1.82, 2.24) is 4.90 Å². The van der Waals surface area contributed by atoms with E-state index in [1.807, 2.05) is 37.3 Å². The highest BCUT2D eigenvalue weighted by Crippen LogP contribution is 2.69. The Morgan fingerprint density at radius 3 is 2.39 bits per heavy atom. The molecule has 9 heteroatoms. The first kappa shape index (κ1) is 25.1. The van der Waals surface area contributed by atoms with Crippen LogP contribution in [0.5, 0.6) is 0 Å². The molecule has 3 aliphatic heterocycles. The van der Waals surface area contributed by atoms with Gasteiger partial charge in [0.2, 0.25) is 17.7 Å². The lowest BCUT2D eigenvalue weighted by Gasteiger charge is -2.40. The van der Waals surface area contributed by atoms with Gasteiger partial charge in [0, 0.05) is 21.6 Å². The molecule has 2 aromatic rings. The van der Waals surface area contributed by atoms with Crippen LogP contribution < -0.4 is 10.6 Å². The van der Waals surface area contributed by atoms with Crippen molar-refractivity contribution in [2.24, 2.45) is 17.8 Å².